The van der Waals surface area contributed by atoms with Gasteiger partial charge in [0.1, 0.15) is 12.6 Å². The molecule has 1 atom stereocenters. The Balaban J connectivity index is 1.68. The van der Waals surface area contributed by atoms with Crippen molar-refractivity contribution in [3.8, 4) is 0 Å². The number of rotatable bonds is 11. The third-order valence-corrected chi connectivity index (χ3v) is 9.52. The first kappa shape index (κ1) is 29.1. The van der Waals surface area contributed by atoms with Crippen LogP contribution in [0, 0.1) is 3.57 Å². The third-order valence-electron chi connectivity index (χ3n) is 7.01. The van der Waals surface area contributed by atoms with Gasteiger partial charge in [0.25, 0.3) is 10.0 Å². The zero-order chi connectivity index (χ0) is 27.8. The van der Waals surface area contributed by atoms with Crippen LogP contribution in [0.2, 0.25) is 0 Å². The smallest absolute Gasteiger partial charge is 0.264 e. The van der Waals surface area contributed by atoms with Crippen LogP contribution in [0.1, 0.15) is 44.6 Å². The molecule has 0 saturated heterocycles. The van der Waals surface area contributed by atoms with Crippen molar-refractivity contribution in [2.75, 3.05) is 10.8 Å². The number of anilines is 1. The normalized spacial score (nSPS) is 14.5. The van der Waals surface area contributed by atoms with Crippen LogP contribution in [0.15, 0.2) is 89.8 Å². The molecule has 3 aromatic carbocycles. The first-order valence-corrected chi connectivity index (χ1v) is 15.8. The first-order chi connectivity index (χ1) is 18.8. The zero-order valence-corrected chi connectivity index (χ0v) is 25.0. The van der Waals surface area contributed by atoms with E-state index in [0.29, 0.717) is 12.1 Å². The lowest BCUT2D eigenvalue weighted by atomic mass is 10.1. The van der Waals surface area contributed by atoms with Crippen LogP contribution < -0.4 is 9.62 Å². The van der Waals surface area contributed by atoms with Gasteiger partial charge < -0.3 is 10.2 Å². The van der Waals surface area contributed by atoms with Crippen molar-refractivity contribution in [2.24, 2.45) is 0 Å². The first-order valence-electron chi connectivity index (χ1n) is 13.3. The number of amides is 2. The van der Waals surface area contributed by atoms with Crippen LogP contribution in [0.3, 0.4) is 0 Å². The number of sulfonamides is 1. The molecular formula is C30H34IN3O4S. The van der Waals surface area contributed by atoms with E-state index in [1.54, 1.807) is 42.5 Å². The van der Waals surface area contributed by atoms with E-state index >= 15 is 0 Å². The van der Waals surface area contributed by atoms with Gasteiger partial charge in [-0.3, -0.25) is 13.9 Å². The average Bonchev–Trinajstić information content (AvgIpc) is 3.46. The summed E-state index contributed by atoms with van der Waals surface area (Å²) < 4.78 is 29.7. The standard InChI is InChI=1S/C30H34IN3O4S/c1-2-28(30(36)32-25-13-9-10-14-25)33(21-23-11-5-3-6-12-23)29(35)22-34(26-19-17-24(31)18-20-26)39(37,38)27-15-7-4-8-16-27/h3-8,11-12,15-20,25,28H,2,9-10,13-14,21-22H2,1H3,(H,32,36)/t28-/m1/s1. The maximum atomic E-state index is 14.1. The zero-order valence-electron chi connectivity index (χ0n) is 22.0. The van der Waals surface area contributed by atoms with Gasteiger partial charge in [-0.05, 0) is 83.8 Å². The molecule has 7 nitrogen and oxygen atoms in total. The van der Waals surface area contributed by atoms with Crippen molar-refractivity contribution in [1.82, 2.24) is 10.2 Å². The summed E-state index contributed by atoms with van der Waals surface area (Å²) in [4.78, 5) is 29.1. The van der Waals surface area contributed by atoms with Crippen molar-refractivity contribution < 1.29 is 18.0 Å². The van der Waals surface area contributed by atoms with Crippen molar-refractivity contribution in [2.45, 2.75) is 62.6 Å². The van der Waals surface area contributed by atoms with Crippen LogP contribution in [0.4, 0.5) is 5.69 Å². The molecule has 1 fully saturated rings. The second kappa shape index (κ2) is 13.4. The number of benzene rings is 3. The summed E-state index contributed by atoms with van der Waals surface area (Å²) in [6.07, 6.45) is 4.44. The number of carbonyl (C=O) groups excluding carboxylic acids is 2. The van der Waals surface area contributed by atoms with Gasteiger partial charge in [0.2, 0.25) is 11.8 Å². The summed E-state index contributed by atoms with van der Waals surface area (Å²) in [7, 11) is -4.06. The fraction of sp³-hybridized carbons (Fsp3) is 0.333. The fourth-order valence-electron chi connectivity index (χ4n) is 4.92. The molecular weight excluding hydrogens is 625 g/mol. The van der Waals surface area contributed by atoms with Crippen molar-refractivity contribution in [1.29, 1.82) is 0 Å². The summed E-state index contributed by atoms with van der Waals surface area (Å²) in [5.74, 6) is -0.634. The van der Waals surface area contributed by atoms with Gasteiger partial charge in [-0.25, -0.2) is 8.42 Å². The lowest BCUT2D eigenvalue weighted by Crippen LogP contribution is -2.53. The van der Waals surface area contributed by atoms with E-state index in [-0.39, 0.29) is 23.4 Å². The molecule has 1 aliphatic rings. The molecule has 0 spiro atoms. The molecule has 0 radical (unpaired) electrons. The van der Waals surface area contributed by atoms with Gasteiger partial charge in [-0.15, -0.1) is 0 Å². The number of carbonyl (C=O) groups is 2. The Morgan fingerprint density at radius 3 is 2.10 bits per heavy atom. The minimum Gasteiger partial charge on any atom is -0.352 e. The summed E-state index contributed by atoms with van der Waals surface area (Å²) in [6, 6.07) is 24.0. The van der Waals surface area contributed by atoms with E-state index in [2.05, 4.69) is 27.9 Å². The summed E-state index contributed by atoms with van der Waals surface area (Å²) in [6.45, 7) is 1.64. The van der Waals surface area contributed by atoms with Crippen molar-refractivity contribution in [3.63, 3.8) is 0 Å². The number of hydrogen-bond donors (Lipinski definition) is 1. The molecule has 0 aliphatic heterocycles. The van der Waals surface area contributed by atoms with Gasteiger partial charge >= 0.3 is 0 Å². The predicted molar refractivity (Wildman–Crippen MR) is 162 cm³/mol. The van der Waals surface area contributed by atoms with E-state index in [1.165, 1.54) is 17.0 Å². The number of nitrogens with one attached hydrogen (secondary N) is 1. The topological polar surface area (TPSA) is 86.8 Å². The maximum Gasteiger partial charge on any atom is 0.264 e. The van der Waals surface area contributed by atoms with Gasteiger partial charge in [-0.1, -0.05) is 68.3 Å². The molecule has 39 heavy (non-hydrogen) atoms. The van der Waals surface area contributed by atoms with Crippen LogP contribution in [-0.2, 0) is 26.2 Å². The van der Waals surface area contributed by atoms with Gasteiger partial charge in [-0.2, -0.15) is 0 Å². The quantitative estimate of drug-likeness (QED) is 0.281. The van der Waals surface area contributed by atoms with E-state index in [4.69, 9.17) is 0 Å². The molecule has 1 aliphatic carbocycles. The van der Waals surface area contributed by atoms with Gasteiger partial charge in [0.15, 0.2) is 0 Å². The van der Waals surface area contributed by atoms with E-state index < -0.39 is 28.5 Å². The van der Waals surface area contributed by atoms with Crippen molar-refractivity contribution >= 4 is 50.1 Å². The summed E-state index contributed by atoms with van der Waals surface area (Å²) >= 11 is 2.15. The molecule has 0 aromatic heterocycles. The molecule has 3 aromatic rings. The fourth-order valence-corrected chi connectivity index (χ4v) is 6.72. The highest BCUT2D eigenvalue weighted by atomic mass is 127. The molecule has 2 amide bonds. The lowest BCUT2D eigenvalue weighted by Gasteiger charge is -2.33. The molecule has 0 heterocycles. The Morgan fingerprint density at radius 2 is 1.51 bits per heavy atom. The SMILES string of the molecule is CC[C@H](C(=O)NC1CCCC1)N(Cc1ccccc1)C(=O)CN(c1ccc(I)cc1)S(=O)(=O)c1ccccc1. The van der Waals surface area contributed by atoms with Crippen LogP contribution in [0.5, 0.6) is 0 Å². The van der Waals surface area contributed by atoms with Crippen LogP contribution in [0.25, 0.3) is 0 Å². The van der Waals surface area contributed by atoms with Gasteiger partial charge in [0.05, 0.1) is 10.6 Å². The lowest BCUT2D eigenvalue weighted by molar-refractivity contribution is -0.140. The minimum absolute atomic E-state index is 0.0944. The second-order valence-corrected chi connectivity index (χ2v) is 12.8. The third kappa shape index (κ3) is 7.39. The van der Waals surface area contributed by atoms with E-state index in [0.717, 1.165) is 39.1 Å². The Labute approximate surface area is 244 Å². The summed E-state index contributed by atoms with van der Waals surface area (Å²) in [5.41, 5.74) is 1.25. The molecule has 0 unspecified atom stereocenters. The van der Waals surface area contributed by atoms with Gasteiger partial charge in [0, 0.05) is 16.2 Å². The number of halogens is 1. The number of nitrogens with zero attached hydrogens (tertiary/aromatic N) is 2. The Morgan fingerprint density at radius 1 is 0.923 bits per heavy atom. The highest BCUT2D eigenvalue weighted by molar-refractivity contribution is 14.1. The Kier molecular flexibility index (Phi) is 10.0. The van der Waals surface area contributed by atoms with Crippen LogP contribution >= 0.6 is 22.6 Å². The largest absolute Gasteiger partial charge is 0.352 e. The molecule has 9 heteroatoms. The minimum atomic E-state index is -4.06. The van der Waals surface area contributed by atoms with Crippen LogP contribution in [-0.4, -0.2) is 43.8 Å². The molecule has 1 saturated carbocycles. The molecule has 4 rings (SSSR count). The highest BCUT2D eigenvalue weighted by Gasteiger charge is 2.34. The number of hydrogen-bond acceptors (Lipinski definition) is 4. The average molecular weight is 660 g/mol. The predicted octanol–water partition coefficient (Wildman–Crippen LogP) is 5.35. The molecule has 206 valence electrons. The van der Waals surface area contributed by atoms with E-state index in [9.17, 15) is 18.0 Å². The maximum absolute atomic E-state index is 14.1. The van der Waals surface area contributed by atoms with Crippen molar-refractivity contribution in [3.05, 3.63) is 94.1 Å². The Hall–Kier alpha value is -2.92. The summed E-state index contributed by atoms with van der Waals surface area (Å²) in [5, 5.41) is 3.13. The monoisotopic (exact) mass is 659 g/mol. The molecule has 1 N–H and O–H groups in total. The molecule has 0 bridgehead atoms. The van der Waals surface area contributed by atoms with E-state index in [1.807, 2.05) is 37.3 Å². The highest BCUT2D eigenvalue weighted by Crippen LogP contribution is 2.26. The second-order valence-electron chi connectivity index (χ2n) is 9.72. The Bertz CT molecular complexity index is 1350.